The van der Waals surface area contributed by atoms with Gasteiger partial charge in [-0.2, -0.15) is 4.98 Å². The number of aryl methyl sites for hydroxylation is 2. The second-order valence-corrected chi connectivity index (χ2v) is 6.01. The molecule has 3 rings (SSSR count). The van der Waals surface area contributed by atoms with Crippen molar-refractivity contribution in [3.05, 3.63) is 60.0 Å². The summed E-state index contributed by atoms with van der Waals surface area (Å²) < 4.78 is 5.33. The molecule has 0 amide bonds. The molecule has 0 fully saturated rings. The van der Waals surface area contributed by atoms with E-state index in [1.165, 1.54) is 5.56 Å². The summed E-state index contributed by atoms with van der Waals surface area (Å²) in [6, 6.07) is 14.0. The molecule has 2 N–H and O–H groups in total. The second kappa shape index (κ2) is 8.39. The number of hydrogen-bond acceptors (Lipinski definition) is 6. The normalized spacial score (nSPS) is 12.1. The second-order valence-electron chi connectivity index (χ2n) is 6.01. The molecule has 0 saturated carbocycles. The molecule has 0 unspecified atom stereocenters. The highest BCUT2D eigenvalue weighted by Crippen LogP contribution is 2.18. The van der Waals surface area contributed by atoms with E-state index in [-0.39, 0.29) is 12.6 Å². The topological polar surface area (TPSA) is 84.1 Å². The maximum atomic E-state index is 9.05. The number of anilines is 1. The van der Waals surface area contributed by atoms with Gasteiger partial charge in [-0.1, -0.05) is 35.5 Å². The van der Waals surface area contributed by atoms with E-state index in [2.05, 4.69) is 44.7 Å². The first-order valence-electron chi connectivity index (χ1n) is 8.45. The van der Waals surface area contributed by atoms with Gasteiger partial charge in [-0.25, -0.2) is 4.98 Å². The molecular weight excluding hydrogens is 316 g/mol. The van der Waals surface area contributed by atoms with Crippen LogP contribution in [0.3, 0.4) is 0 Å². The zero-order valence-corrected chi connectivity index (χ0v) is 14.2. The monoisotopic (exact) mass is 338 g/mol. The van der Waals surface area contributed by atoms with Crippen molar-refractivity contribution in [2.24, 2.45) is 0 Å². The maximum Gasteiger partial charge on any atom is 0.259 e. The molecule has 1 atom stereocenters. The number of pyridine rings is 1. The van der Waals surface area contributed by atoms with Gasteiger partial charge in [-0.05, 0) is 37.5 Å². The molecule has 6 heteroatoms. The van der Waals surface area contributed by atoms with Crippen LogP contribution in [0.4, 0.5) is 5.82 Å². The third kappa shape index (κ3) is 4.87. The Hall–Kier alpha value is -2.73. The van der Waals surface area contributed by atoms with Crippen molar-refractivity contribution in [2.45, 2.75) is 32.2 Å². The summed E-state index contributed by atoms with van der Waals surface area (Å²) in [5, 5.41) is 16.2. The number of nitrogens with zero attached hydrogens (tertiary/aromatic N) is 3. The molecular formula is C19H22N4O2. The molecule has 0 bridgehead atoms. The molecule has 0 aliphatic heterocycles. The van der Waals surface area contributed by atoms with Crippen molar-refractivity contribution in [2.75, 3.05) is 11.9 Å². The van der Waals surface area contributed by atoms with Crippen LogP contribution < -0.4 is 5.32 Å². The highest BCUT2D eigenvalue weighted by atomic mass is 16.5. The minimum atomic E-state index is -0.0435. The fraction of sp³-hybridized carbons (Fsp3) is 0.316. The Balaban J connectivity index is 1.55. The van der Waals surface area contributed by atoms with E-state index < -0.39 is 0 Å². The first kappa shape index (κ1) is 17.1. The largest absolute Gasteiger partial charge is 0.394 e. The molecule has 0 spiro atoms. The van der Waals surface area contributed by atoms with Crippen LogP contribution in [0.25, 0.3) is 11.5 Å². The number of aromatic nitrogens is 3. The van der Waals surface area contributed by atoms with E-state index in [1.54, 1.807) is 6.20 Å². The van der Waals surface area contributed by atoms with E-state index in [1.807, 2.05) is 25.1 Å². The summed E-state index contributed by atoms with van der Waals surface area (Å²) in [6.45, 7) is 1.94. The lowest BCUT2D eigenvalue weighted by atomic mass is 10.1. The van der Waals surface area contributed by atoms with E-state index in [0.717, 1.165) is 24.8 Å². The Morgan fingerprint density at radius 3 is 2.68 bits per heavy atom. The van der Waals surface area contributed by atoms with E-state index in [4.69, 9.17) is 9.63 Å². The number of aliphatic hydroxyl groups is 1. The third-order valence-corrected chi connectivity index (χ3v) is 3.86. The van der Waals surface area contributed by atoms with E-state index in [0.29, 0.717) is 17.5 Å². The quantitative estimate of drug-likeness (QED) is 0.656. The van der Waals surface area contributed by atoms with Crippen LogP contribution in [0.15, 0.2) is 53.2 Å². The fourth-order valence-electron chi connectivity index (χ4n) is 2.47. The first-order valence-corrected chi connectivity index (χ1v) is 8.45. The zero-order valence-electron chi connectivity index (χ0n) is 14.2. The van der Waals surface area contributed by atoms with Gasteiger partial charge in [0.2, 0.25) is 0 Å². The van der Waals surface area contributed by atoms with Crippen LogP contribution in [0, 0.1) is 0 Å². The van der Waals surface area contributed by atoms with Gasteiger partial charge in [-0.3, -0.25) is 0 Å². The smallest absolute Gasteiger partial charge is 0.259 e. The zero-order chi connectivity index (χ0) is 17.5. The third-order valence-electron chi connectivity index (χ3n) is 3.86. The molecule has 130 valence electrons. The Morgan fingerprint density at radius 2 is 1.96 bits per heavy atom. The van der Waals surface area contributed by atoms with Crippen molar-refractivity contribution in [1.29, 1.82) is 0 Å². The summed E-state index contributed by atoms with van der Waals surface area (Å²) >= 11 is 0. The average molecular weight is 338 g/mol. The van der Waals surface area contributed by atoms with Crippen molar-refractivity contribution >= 4 is 5.82 Å². The van der Waals surface area contributed by atoms with Gasteiger partial charge < -0.3 is 14.9 Å². The van der Waals surface area contributed by atoms with Crippen LogP contribution in [-0.2, 0) is 12.8 Å². The molecule has 2 heterocycles. The lowest BCUT2D eigenvalue weighted by molar-refractivity contribution is 0.281. The van der Waals surface area contributed by atoms with E-state index in [9.17, 15) is 0 Å². The van der Waals surface area contributed by atoms with Crippen molar-refractivity contribution in [3.63, 3.8) is 0 Å². The maximum absolute atomic E-state index is 9.05. The van der Waals surface area contributed by atoms with Gasteiger partial charge in [0.1, 0.15) is 5.82 Å². The molecule has 0 saturated heterocycles. The standard InChI is InChI=1S/C19H22N4O2/c1-14(13-24)21-17-11-10-16(12-20-17)19-22-18(23-25-19)9-5-8-15-6-3-2-4-7-15/h2-4,6-7,10-12,14,24H,5,8-9,13H2,1H3,(H,20,21)/t14-/m1/s1. The summed E-state index contributed by atoms with van der Waals surface area (Å²) in [4.78, 5) is 8.74. The average Bonchev–Trinajstić information content (AvgIpc) is 3.12. The Bertz CT molecular complexity index is 772. The fourth-order valence-corrected chi connectivity index (χ4v) is 2.47. The van der Waals surface area contributed by atoms with Crippen LogP contribution in [0.2, 0.25) is 0 Å². The predicted molar refractivity (Wildman–Crippen MR) is 96.2 cm³/mol. The van der Waals surface area contributed by atoms with Crippen molar-refractivity contribution in [3.8, 4) is 11.5 Å². The molecule has 0 radical (unpaired) electrons. The summed E-state index contributed by atoms with van der Waals surface area (Å²) in [6.07, 6.45) is 4.44. The van der Waals surface area contributed by atoms with E-state index >= 15 is 0 Å². The number of aliphatic hydroxyl groups excluding tert-OH is 1. The Labute approximate surface area is 146 Å². The molecule has 0 aliphatic carbocycles. The first-order chi connectivity index (χ1) is 12.2. The predicted octanol–water partition coefficient (Wildman–Crippen LogP) is 3.10. The van der Waals surface area contributed by atoms with Gasteiger partial charge in [-0.15, -0.1) is 0 Å². The van der Waals surface area contributed by atoms with Gasteiger partial charge in [0, 0.05) is 18.7 Å². The number of rotatable bonds is 8. The van der Waals surface area contributed by atoms with Gasteiger partial charge in [0.05, 0.1) is 12.2 Å². The van der Waals surface area contributed by atoms with Gasteiger partial charge in [0.15, 0.2) is 5.82 Å². The molecule has 6 nitrogen and oxygen atoms in total. The Kier molecular flexibility index (Phi) is 5.74. The minimum Gasteiger partial charge on any atom is -0.394 e. The number of nitrogens with one attached hydrogen (secondary N) is 1. The minimum absolute atomic E-state index is 0.0435. The summed E-state index contributed by atoms with van der Waals surface area (Å²) in [5.74, 6) is 1.89. The van der Waals surface area contributed by atoms with Crippen LogP contribution >= 0.6 is 0 Å². The van der Waals surface area contributed by atoms with Crippen molar-refractivity contribution < 1.29 is 9.63 Å². The lowest BCUT2D eigenvalue weighted by Crippen LogP contribution is -2.19. The van der Waals surface area contributed by atoms with Crippen LogP contribution in [-0.4, -0.2) is 32.9 Å². The number of benzene rings is 1. The highest BCUT2D eigenvalue weighted by Gasteiger charge is 2.10. The summed E-state index contributed by atoms with van der Waals surface area (Å²) in [5.41, 5.74) is 2.10. The molecule has 1 aromatic carbocycles. The molecule has 25 heavy (non-hydrogen) atoms. The van der Waals surface area contributed by atoms with Crippen LogP contribution in [0.5, 0.6) is 0 Å². The Morgan fingerprint density at radius 1 is 1.12 bits per heavy atom. The molecule has 3 aromatic rings. The van der Waals surface area contributed by atoms with Crippen LogP contribution in [0.1, 0.15) is 24.7 Å². The van der Waals surface area contributed by atoms with Crippen molar-refractivity contribution in [1.82, 2.24) is 15.1 Å². The molecule has 2 aromatic heterocycles. The highest BCUT2D eigenvalue weighted by molar-refractivity contribution is 5.54. The SMILES string of the molecule is C[C@H](CO)Nc1ccc(-c2nc(CCCc3ccccc3)no2)cn1. The summed E-state index contributed by atoms with van der Waals surface area (Å²) in [7, 11) is 0. The lowest BCUT2D eigenvalue weighted by Gasteiger charge is -2.10. The van der Waals surface area contributed by atoms with Gasteiger partial charge in [0.25, 0.3) is 5.89 Å². The molecule has 0 aliphatic rings. The van der Waals surface area contributed by atoms with Gasteiger partial charge >= 0.3 is 0 Å². The number of hydrogen-bond donors (Lipinski definition) is 2.